The van der Waals surface area contributed by atoms with Gasteiger partial charge in [-0.25, -0.2) is 4.79 Å². The van der Waals surface area contributed by atoms with Crippen LogP contribution in [0.1, 0.15) is 61.8 Å². The van der Waals surface area contributed by atoms with Crippen molar-refractivity contribution in [3.05, 3.63) is 11.8 Å². The molecule has 2 saturated heterocycles. The number of Topliss-reactive ketones (excluding diaryl/α,β-unsaturated/α-hetero) is 1. The molecule has 0 unspecified atom stereocenters. The zero-order valence-corrected chi connectivity index (χ0v) is 27.8. The van der Waals surface area contributed by atoms with Crippen LogP contribution in [0.4, 0.5) is 0 Å². The van der Waals surface area contributed by atoms with Gasteiger partial charge in [-0.2, -0.15) is 0 Å². The van der Waals surface area contributed by atoms with E-state index in [-0.39, 0.29) is 18.3 Å². The molecule has 0 bridgehead atoms. The number of aliphatic hydroxyl groups excluding tert-OH is 2. The maximum Gasteiger partial charge on any atom is 0.343 e. The van der Waals surface area contributed by atoms with Gasteiger partial charge in [-0.15, -0.1) is 0 Å². The summed E-state index contributed by atoms with van der Waals surface area (Å²) in [7, 11) is 0. The SMILES string of the molecule is CC(=O)O[C@H]1[C@H]2[C@H]([C@H]3[C@@H](O)[C@@H]4[C@@H]([C@H](C)C=C5OC(=O)[C@@](C)(O)[C@@]54C)[C@@]3(C)[C@H]1OC(C)=O)[C@@H](O)C(=O)[C@H]1C[C@@H]3O[C@@H]3[C@H](OC(C)=O)[C@]21C. The van der Waals surface area contributed by atoms with Crippen molar-refractivity contribution >= 4 is 29.7 Å². The van der Waals surface area contributed by atoms with Crippen molar-refractivity contribution in [3.8, 4) is 0 Å². The molecule has 4 saturated carbocycles. The fourth-order valence-corrected chi connectivity index (χ4v) is 11.9. The number of hydrogen-bond acceptors (Lipinski definition) is 13. The number of rotatable bonds is 3. The van der Waals surface area contributed by atoms with E-state index in [2.05, 4.69) is 0 Å². The van der Waals surface area contributed by atoms with Crippen LogP contribution in [0.25, 0.3) is 0 Å². The van der Waals surface area contributed by atoms with Crippen LogP contribution in [0.2, 0.25) is 0 Å². The number of ether oxygens (including phenoxy) is 5. The summed E-state index contributed by atoms with van der Waals surface area (Å²) in [6.45, 7) is 12.1. The maximum atomic E-state index is 14.3. The molecule has 6 fully saturated rings. The van der Waals surface area contributed by atoms with Gasteiger partial charge in [-0.1, -0.05) is 20.8 Å². The Morgan fingerprint density at radius 1 is 0.851 bits per heavy atom. The Balaban J connectivity index is 1.49. The van der Waals surface area contributed by atoms with Gasteiger partial charge in [0, 0.05) is 61.2 Å². The highest BCUT2D eigenvalue weighted by molar-refractivity contribution is 5.88. The zero-order chi connectivity index (χ0) is 34.5. The average molecular weight is 661 g/mol. The van der Waals surface area contributed by atoms with E-state index in [0.717, 1.165) is 0 Å². The summed E-state index contributed by atoms with van der Waals surface area (Å²) in [6.07, 6.45) is -5.37. The van der Waals surface area contributed by atoms with Crippen molar-refractivity contribution < 1.29 is 63.0 Å². The first-order chi connectivity index (χ1) is 21.7. The van der Waals surface area contributed by atoms with Crippen molar-refractivity contribution in [1.29, 1.82) is 0 Å². The molecule has 47 heavy (non-hydrogen) atoms. The third-order valence-electron chi connectivity index (χ3n) is 13.8. The van der Waals surface area contributed by atoms with E-state index < -0.39 is 130 Å². The molecule has 0 aromatic heterocycles. The number of hydrogen-bond donors (Lipinski definition) is 3. The lowest BCUT2D eigenvalue weighted by molar-refractivity contribution is -0.272. The topological polar surface area (TPSA) is 195 Å². The van der Waals surface area contributed by atoms with E-state index in [1.54, 1.807) is 26.8 Å². The van der Waals surface area contributed by atoms with Crippen molar-refractivity contribution in [1.82, 2.24) is 0 Å². The Hall–Kier alpha value is -2.87. The quantitative estimate of drug-likeness (QED) is 0.219. The van der Waals surface area contributed by atoms with Crippen LogP contribution < -0.4 is 0 Å². The first-order valence-electron chi connectivity index (χ1n) is 16.5. The number of ketones is 1. The highest BCUT2D eigenvalue weighted by atomic mass is 16.6. The minimum Gasteiger partial charge on any atom is -0.459 e. The van der Waals surface area contributed by atoms with Gasteiger partial charge < -0.3 is 39.0 Å². The highest BCUT2D eigenvalue weighted by Crippen LogP contribution is 2.75. The van der Waals surface area contributed by atoms with E-state index in [9.17, 15) is 39.3 Å². The van der Waals surface area contributed by atoms with Gasteiger partial charge in [0.15, 0.2) is 11.4 Å². The van der Waals surface area contributed by atoms with Crippen LogP contribution in [0.15, 0.2) is 11.8 Å². The molecule has 7 aliphatic rings. The number of epoxide rings is 1. The number of esters is 4. The summed E-state index contributed by atoms with van der Waals surface area (Å²) < 4.78 is 29.7. The standard InChI is InChI=1S/C34H44O13/c1-11-9-17-33(7,34(8,42)30(41)47-17)22-19(11)32(6)20(25(22)40)18-21(27(43-12(2)35)29(32)45-14(4)37)31(5)15(23(38)24(18)39)10-16-26(46-16)28(31)44-13(3)36/h9,11,15-16,18-22,24-29,39-40,42H,10H2,1-8H3/t11-,15-,16+,18+,19-,20+,21-,22+,24-,25-,26+,27+,28+,29+,31+,32-,33+,34-/m1/s1. The van der Waals surface area contributed by atoms with Crippen LogP contribution in [0.3, 0.4) is 0 Å². The summed E-state index contributed by atoms with van der Waals surface area (Å²) >= 11 is 0. The van der Waals surface area contributed by atoms with Crippen molar-refractivity contribution in [2.24, 2.45) is 57.7 Å². The molecule has 0 aromatic carbocycles. The van der Waals surface area contributed by atoms with Gasteiger partial charge in [0.05, 0.1) is 17.6 Å². The number of fused-ring (bicyclic) bond motifs is 10. The summed E-state index contributed by atoms with van der Waals surface area (Å²) in [6, 6.07) is 0. The highest BCUT2D eigenvalue weighted by Gasteiger charge is 2.83. The number of carbonyl (C=O) groups is 5. The molecular formula is C34H44O13. The van der Waals surface area contributed by atoms with Crippen LogP contribution in [-0.4, -0.2) is 93.3 Å². The second-order valence-electron chi connectivity index (χ2n) is 15.9. The predicted octanol–water partition coefficient (Wildman–Crippen LogP) is 0.842. The normalized spacial score (nSPS) is 55.1. The maximum absolute atomic E-state index is 14.3. The second kappa shape index (κ2) is 9.86. The second-order valence-corrected chi connectivity index (χ2v) is 15.9. The number of allylic oxidation sites excluding steroid dienone is 1. The molecule has 0 spiro atoms. The van der Waals surface area contributed by atoms with Crippen LogP contribution in [-0.2, 0) is 47.7 Å². The molecular weight excluding hydrogens is 616 g/mol. The summed E-state index contributed by atoms with van der Waals surface area (Å²) in [4.78, 5) is 65.8. The third kappa shape index (κ3) is 3.82. The van der Waals surface area contributed by atoms with Crippen LogP contribution in [0, 0.1) is 57.7 Å². The molecule has 18 atom stereocenters. The first-order valence-corrected chi connectivity index (χ1v) is 16.5. The molecule has 2 aliphatic heterocycles. The van der Waals surface area contributed by atoms with Gasteiger partial charge in [0.2, 0.25) is 0 Å². The van der Waals surface area contributed by atoms with E-state index in [1.807, 2.05) is 6.92 Å². The van der Waals surface area contributed by atoms with E-state index in [1.165, 1.54) is 27.7 Å². The molecule has 2 heterocycles. The summed E-state index contributed by atoms with van der Waals surface area (Å²) in [5, 5.41) is 36.4. The number of carbonyl (C=O) groups excluding carboxylic acids is 5. The summed E-state index contributed by atoms with van der Waals surface area (Å²) in [5.41, 5.74) is -6.06. The fourth-order valence-electron chi connectivity index (χ4n) is 11.9. The molecule has 7 rings (SSSR count). The van der Waals surface area contributed by atoms with Crippen molar-refractivity contribution in [2.45, 2.75) is 110 Å². The Morgan fingerprint density at radius 2 is 1.45 bits per heavy atom. The van der Waals surface area contributed by atoms with E-state index in [0.29, 0.717) is 0 Å². The lowest BCUT2D eigenvalue weighted by atomic mass is 9.41. The van der Waals surface area contributed by atoms with Gasteiger partial charge in [0.1, 0.15) is 36.3 Å². The molecule has 13 nitrogen and oxygen atoms in total. The molecule has 0 amide bonds. The van der Waals surface area contributed by atoms with Crippen LogP contribution in [0.5, 0.6) is 0 Å². The molecule has 5 aliphatic carbocycles. The third-order valence-corrected chi connectivity index (χ3v) is 13.8. The Labute approximate surface area is 272 Å². The van der Waals surface area contributed by atoms with Gasteiger partial charge >= 0.3 is 23.9 Å². The van der Waals surface area contributed by atoms with E-state index in [4.69, 9.17) is 23.7 Å². The first kappa shape index (κ1) is 32.7. The minimum absolute atomic E-state index is 0.214. The minimum atomic E-state index is -2.06. The average Bonchev–Trinajstić information content (AvgIpc) is 3.65. The van der Waals surface area contributed by atoms with Gasteiger partial charge in [-0.05, 0) is 38.2 Å². The Morgan fingerprint density at radius 3 is 2.04 bits per heavy atom. The van der Waals surface area contributed by atoms with Crippen molar-refractivity contribution in [3.63, 3.8) is 0 Å². The molecule has 258 valence electrons. The molecule has 13 heteroatoms. The van der Waals surface area contributed by atoms with Crippen molar-refractivity contribution in [2.75, 3.05) is 0 Å². The van der Waals surface area contributed by atoms with Gasteiger partial charge in [0.25, 0.3) is 0 Å². The monoisotopic (exact) mass is 660 g/mol. The van der Waals surface area contributed by atoms with E-state index >= 15 is 0 Å². The number of aliphatic hydroxyl groups is 3. The molecule has 0 radical (unpaired) electrons. The van der Waals surface area contributed by atoms with Gasteiger partial charge in [-0.3, -0.25) is 19.2 Å². The molecule has 3 N–H and O–H groups in total. The smallest absolute Gasteiger partial charge is 0.343 e. The fraction of sp³-hybridized carbons (Fsp3) is 0.794. The Bertz CT molecular complexity index is 1500. The van der Waals surface area contributed by atoms with Crippen LogP contribution >= 0.6 is 0 Å². The summed E-state index contributed by atoms with van der Waals surface area (Å²) in [5.74, 6) is -8.98. The predicted molar refractivity (Wildman–Crippen MR) is 156 cm³/mol. The molecule has 0 aromatic rings. The zero-order valence-electron chi connectivity index (χ0n) is 27.8. The lowest BCUT2D eigenvalue weighted by Crippen LogP contribution is -2.74. The Kier molecular flexibility index (Phi) is 6.85. The lowest BCUT2D eigenvalue weighted by Gasteiger charge is -2.65. The largest absolute Gasteiger partial charge is 0.459 e.